The molecule has 7 rings (SSSR count). The second-order valence-electron chi connectivity index (χ2n) is 9.74. The first kappa shape index (κ1) is 21.6. The summed E-state index contributed by atoms with van der Waals surface area (Å²) >= 11 is 0. The van der Waals surface area contributed by atoms with Crippen molar-refractivity contribution in [1.82, 2.24) is 0 Å². The van der Waals surface area contributed by atoms with E-state index in [0.29, 0.717) is 0 Å². The number of benzene rings is 6. The lowest BCUT2D eigenvalue weighted by molar-refractivity contribution is 1.26. The molecule has 0 saturated carbocycles. The van der Waals surface area contributed by atoms with Gasteiger partial charge in [-0.05, 0) is 73.2 Å². The normalized spacial score (nSPS) is 11.7. The van der Waals surface area contributed by atoms with Crippen LogP contribution >= 0.6 is 0 Å². The van der Waals surface area contributed by atoms with E-state index in [-0.39, 0.29) is 0 Å². The molecule has 0 spiro atoms. The van der Waals surface area contributed by atoms with E-state index < -0.39 is 0 Å². The maximum absolute atomic E-state index is 2.40. The van der Waals surface area contributed by atoms with Gasteiger partial charge < -0.3 is 0 Å². The molecule has 0 saturated heterocycles. The predicted molar refractivity (Wildman–Crippen MR) is 156 cm³/mol. The van der Waals surface area contributed by atoms with Crippen LogP contribution in [0.15, 0.2) is 146 Å². The Kier molecular flexibility index (Phi) is 5.30. The van der Waals surface area contributed by atoms with E-state index >= 15 is 0 Å². The number of fused-ring (bicyclic) bond motifs is 3. The molecule has 0 N–H and O–H groups in total. The lowest BCUT2D eigenvalue weighted by Gasteiger charge is -2.12. The van der Waals surface area contributed by atoms with Gasteiger partial charge in [0.05, 0.1) is 0 Å². The van der Waals surface area contributed by atoms with Gasteiger partial charge in [-0.3, -0.25) is 0 Å². The standard InChI is InChI=1S/C37H26/c1-3-11-26(12-4-1)32-15-7-9-17-34(32)28-19-21-36-30(23-28)25-31-24-29(20-22-37(31)36)35-18-10-8-16-33(35)27-13-5-2-6-14-27/h1-24H,25H2. The van der Waals surface area contributed by atoms with Gasteiger partial charge in [-0.15, -0.1) is 0 Å². The molecule has 0 atom stereocenters. The Bertz CT molecular complexity index is 1600. The van der Waals surface area contributed by atoms with Gasteiger partial charge in [0.15, 0.2) is 0 Å². The highest BCUT2D eigenvalue weighted by Gasteiger charge is 2.21. The zero-order valence-electron chi connectivity index (χ0n) is 20.6. The Morgan fingerprint density at radius 3 is 1.03 bits per heavy atom. The number of rotatable bonds is 4. The number of hydrogen-bond donors (Lipinski definition) is 0. The summed E-state index contributed by atoms with van der Waals surface area (Å²) in [4.78, 5) is 0. The van der Waals surface area contributed by atoms with Crippen LogP contribution in [-0.4, -0.2) is 0 Å². The van der Waals surface area contributed by atoms with Crippen molar-refractivity contribution in [2.75, 3.05) is 0 Å². The summed E-state index contributed by atoms with van der Waals surface area (Å²) in [5, 5.41) is 0. The maximum Gasteiger partial charge on any atom is -0.00130 e. The summed E-state index contributed by atoms with van der Waals surface area (Å²) < 4.78 is 0. The fourth-order valence-electron chi connectivity index (χ4n) is 5.75. The van der Waals surface area contributed by atoms with Crippen molar-refractivity contribution in [3.8, 4) is 55.6 Å². The molecule has 174 valence electrons. The van der Waals surface area contributed by atoms with Crippen LogP contribution in [0.4, 0.5) is 0 Å². The van der Waals surface area contributed by atoms with Gasteiger partial charge in [-0.1, -0.05) is 146 Å². The molecule has 0 fully saturated rings. The Morgan fingerprint density at radius 2 is 0.622 bits per heavy atom. The SMILES string of the molecule is c1ccc(-c2ccccc2-c2ccc3c(c2)Cc2cc(-c4ccccc4-c4ccccc4)ccc2-3)cc1. The van der Waals surface area contributed by atoms with Crippen LogP contribution in [0.25, 0.3) is 55.6 Å². The third-order valence-electron chi connectivity index (χ3n) is 7.53. The molecule has 37 heavy (non-hydrogen) atoms. The van der Waals surface area contributed by atoms with Crippen molar-refractivity contribution in [3.63, 3.8) is 0 Å². The topological polar surface area (TPSA) is 0 Å². The van der Waals surface area contributed by atoms with E-state index in [1.54, 1.807) is 0 Å². The summed E-state index contributed by atoms with van der Waals surface area (Å²) in [5.41, 5.74) is 15.7. The minimum absolute atomic E-state index is 0.966. The maximum atomic E-state index is 2.40. The first-order valence-corrected chi connectivity index (χ1v) is 12.9. The Morgan fingerprint density at radius 1 is 0.270 bits per heavy atom. The quantitative estimate of drug-likeness (QED) is 0.240. The molecule has 0 aliphatic heterocycles. The first-order valence-electron chi connectivity index (χ1n) is 12.9. The molecule has 1 aliphatic carbocycles. The van der Waals surface area contributed by atoms with Crippen LogP contribution in [0, 0.1) is 0 Å². The van der Waals surface area contributed by atoms with Crippen LogP contribution < -0.4 is 0 Å². The molecular formula is C37H26. The van der Waals surface area contributed by atoms with Gasteiger partial charge in [0.25, 0.3) is 0 Å². The zero-order chi connectivity index (χ0) is 24.6. The molecule has 0 bridgehead atoms. The second kappa shape index (κ2) is 9.08. The van der Waals surface area contributed by atoms with Crippen LogP contribution in [0.3, 0.4) is 0 Å². The molecular weight excluding hydrogens is 444 g/mol. The van der Waals surface area contributed by atoms with Gasteiger partial charge in [0.2, 0.25) is 0 Å². The van der Waals surface area contributed by atoms with Crippen LogP contribution in [0.5, 0.6) is 0 Å². The summed E-state index contributed by atoms with van der Waals surface area (Å²) in [6.45, 7) is 0. The smallest absolute Gasteiger partial charge is 0.00130 e. The lowest BCUT2D eigenvalue weighted by atomic mass is 9.92. The largest absolute Gasteiger partial charge is 0.0622 e. The Labute approximate surface area is 218 Å². The first-order chi connectivity index (χ1) is 18.3. The van der Waals surface area contributed by atoms with Crippen LogP contribution in [0.1, 0.15) is 11.1 Å². The van der Waals surface area contributed by atoms with Crippen molar-refractivity contribution in [2.45, 2.75) is 6.42 Å². The lowest BCUT2D eigenvalue weighted by Crippen LogP contribution is -1.88. The van der Waals surface area contributed by atoms with E-state index in [9.17, 15) is 0 Å². The molecule has 6 aromatic carbocycles. The summed E-state index contributed by atoms with van der Waals surface area (Å²) in [6, 6.07) is 52.8. The molecule has 0 heterocycles. The molecule has 0 amide bonds. The van der Waals surface area contributed by atoms with Gasteiger partial charge in [-0.2, -0.15) is 0 Å². The molecule has 0 aromatic heterocycles. The third-order valence-corrected chi connectivity index (χ3v) is 7.53. The second-order valence-corrected chi connectivity index (χ2v) is 9.74. The molecule has 0 heteroatoms. The Balaban J connectivity index is 1.26. The molecule has 6 aromatic rings. The highest BCUT2D eigenvalue weighted by atomic mass is 14.2. The summed E-state index contributed by atoms with van der Waals surface area (Å²) in [7, 11) is 0. The van der Waals surface area contributed by atoms with Crippen molar-refractivity contribution in [3.05, 3.63) is 157 Å². The third kappa shape index (κ3) is 3.88. The van der Waals surface area contributed by atoms with E-state index in [1.165, 1.54) is 66.8 Å². The minimum atomic E-state index is 0.966. The van der Waals surface area contributed by atoms with Gasteiger partial charge in [0, 0.05) is 0 Å². The van der Waals surface area contributed by atoms with E-state index in [1.807, 2.05) is 0 Å². The van der Waals surface area contributed by atoms with E-state index in [2.05, 4.69) is 146 Å². The fraction of sp³-hybridized carbons (Fsp3) is 0.0270. The molecule has 0 radical (unpaired) electrons. The molecule has 1 aliphatic rings. The van der Waals surface area contributed by atoms with Gasteiger partial charge in [0.1, 0.15) is 0 Å². The number of hydrogen-bond acceptors (Lipinski definition) is 0. The van der Waals surface area contributed by atoms with Crippen molar-refractivity contribution in [2.24, 2.45) is 0 Å². The van der Waals surface area contributed by atoms with Crippen molar-refractivity contribution >= 4 is 0 Å². The summed E-state index contributed by atoms with van der Waals surface area (Å²) in [6.07, 6.45) is 0.966. The average Bonchev–Trinajstić information content (AvgIpc) is 3.35. The Hall–Kier alpha value is -4.68. The molecule has 0 unspecified atom stereocenters. The zero-order valence-corrected chi connectivity index (χ0v) is 20.6. The van der Waals surface area contributed by atoms with Crippen LogP contribution in [-0.2, 0) is 6.42 Å². The van der Waals surface area contributed by atoms with Crippen molar-refractivity contribution < 1.29 is 0 Å². The summed E-state index contributed by atoms with van der Waals surface area (Å²) in [5.74, 6) is 0. The fourth-order valence-corrected chi connectivity index (χ4v) is 5.75. The van der Waals surface area contributed by atoms with E-state index in [4.69, 9.17) is 0 Å². The average molecular weight is 471 g/mol. The monoisotopic (exact) mass is 470 g/mol. The highest BCUT2D eigenvalue weighted by Crippen LogP contribution is 2.42. The van der Waals surface area contributed by atoms with Crippen LogP contribution in [0.2, 0.25) is 0 Å². The highest BCUT2D eigenvalue weighted by molar-refractivity contribution is 5.89. The minimum Gasteiger partial charge on any atom is -0.0622 e. The van der Waals surface area contributed by atoms with E-state index in [0.717, 1.165) is 6.42 Å². The molecule has 0 nitrogen and oxygen atoms in total. The predicted octanol–water partition coefficient (Wildman–Crippen LogP) is 9.93. The van der Waals surface area contributed by atoms with Crippen molar-refractivity contribution in [1.29, 1.82) is 0 Å². The van der Waals surface area contributed by atoms with Gasteiger partial charge in [-0.25, -0.2) is 0 Å². The van der Waals surface area contributed by atoms with Gasteiger partial charge >= 0.3 is 0 Å².